The van der Waals surface area contributed by atoms with Crippen LogP contribution in [0.1, 0.15) is 25.5 Å². The summed E-state index contributed by atoms with van der Waals surface area (Å²) in [6, 6.07) is 8.49. The zero-order valence-corrected chi connectivity index (χ0v) is 17.7. The molecule has 0 bridgehead atoms. The van der Waals surface area contributed by atoms with Gasteiger partial charge >= 0.3 is 0 Å². The Bertz CT molecular complexity index is 758. The first kappa shape index (κ1) is 21.8. The van der Waals surface area contributed by atoms with E-state index in [4.69, 9.17) is 9.47 Å². The van der Waals surface area contributed by atoms with Gasteiger partial charge in [0.05, 0.1) is 11.5 Å². The first-order chi connectivity index (χ1) is 13.0. The molecule has 0 saturated carbocycles. The Morgan fingerprint density at radius 1 is 1.11 bits per heavy atom. The van der Waals surface area contributed by atoms with Crippen molar-refractivity contribution in [2.45, 2.75) is 24.8 Å². The van der Waals surface area contributed by atoms with Crippen molar-refractivity contribution in [3.8, 4) is 5.75 Å². The van der Waals surface area contributed by atoms with Gasteiger partial charge in [-0.2, -0.15) is 11.3 Å². The number of thiophene rings is 1. The number of hydrogen-bond donors (Lipinski definition) is 1. The molecule has 0 aliphatic rings. The maximum absolute atomic E-state index is 12.7. The lowest BCUT2D eigenvalue weighted by Gasteiger charge is -2.29. The van der Waals surface area contributed by atoms with Crippen molar-refractivity contribution < 1.29 is 17.9 Å². The molecular formula is C19H28N2O4S2. The van der Waals surface area contributed by atoms with Crippen molar-refractivity contribution >= 4 is 21.4 Å². The smallest absolute Gasteiger partial charge is 0.240 e. The quantitative estimate of drug-likeness (QED) is 0.543. The summed E-state index contributed by atoms with van der Waals surface area (Å²) in [7, 11) is -1.99. The van der Waals surface area contributed by atoms with Gasteiger partial charge in [0.15, 0.2) is 0 Å². The average molecular weight is 413 g/mol. The van der Waals surface area contributed by atoms with E-state index in [1.807, 2.05) is 11.4 Å². The van der Waals surface area contributed by atoms with Crippen LogP contribution in [-0.2, 0) is 14.8 Å². The van der Waals surface area contributed by atoms with Crippen LogP contribution in [0.2, 0.25) is 0 Å². The summed E-state index contributed by atoms with van der Waals surface area (Å²) in [4.78, 5) is 2.47. The van der Waals surface area contributed by atoms with Crippen molar-refractivity contribution in [3.63, 3.8) is 0 Å². The number of nitrogens with zero attached hydrogens (tertiary/aromatic N) is 1. The van der Waals surface area contributed by atoms with Gasteiger partial charge in [0.2, 0.25) is 10.0 Å². The van der Waals surface area contributed by atoms with Gasteiger partial charge in [-0.25, -0.2) is 13.1 Å². The van der Waals surface area contributed by atoms with E-state index < -0.39 is 10.0 Å². The average Bonchev–Trinajstić information content (AvgIpc) is 3.20. The Kier molecular flexibility index (Phi) is 8.72. The molecule has 0 amide bonds. The fourth-order valence-electron chi connectivity index (χ4n) is 2.82. The lowest BCUT2D eigenvalue weighted by atomic mass is 10.1. The second-order valence-corrected chi connectivity index (χ2v) is 8.51. The third-order valence-corrected chi connectivity index (χ3v) is 6.48. The molecule has 2 aromatic rings. The summed E-state index contributed by atoms with van der Waals surface area (Å²) in [5, 5.41) is 4.09. The minimum absolute atomic E-state index is 0.0117. The Labute approximate surface area is 166 Å². The first-order valence-corrected chi connectivity index (χ1v) is 11.4. The Balaban J connectivity index is 2.05. The minimum atomic E-state index is -3.59. The second kappa shape index (κ2) is 10.8. The fraction of sp³-hybridized carbons (Fsp3) is 0.474. The molecular weight excluding hydrogens is 384 g/mol. The summed E-state index contributed by atoms with van der Waals surface area (Å²) in [5.41, 5.74) is 1.13. The molecule has 2 rings (SSSR count). The van der Waals surface area contributed by atoms with Gasteiger partial charge in [0, 0.05) is 19.7 Å². The van der Waals surface area contributed by atoms with Crippen LogP contribution >= 0.6 is 11.3 Å². The number of ether oxygens (including phenoxy) is 2. The number of methoxy groups -OCH3 is 1. The van der Waals surface area contributed by atoms with Gasteiger partial charge in [-0.3, -0.25) is 4.90 Å². The second-order valence-electron chi connectivity index (χ2n) is 5.96. The normalized spacial score (nSPS) is 13.0. The molecule has 1 unspecified atom stereocenters. The van der Waals surface area contributed by atoms with Crippen LogP contribution in [0, 0.1) is 0 Å². The summed E-state index contributed by atoms with van der Waals surface area (Å²) < 4.78 is 38.5. The highest BCUT2D eigenvalue weighted by molar-refractivity contribution is 7.89. The van der Waals surface area contributed by atoms with Crippen LogP contribution in [-0.4, -0.2) is 53.3 Å². The van der Waals surface area contributed by atoms with Crippen LogP contribution in [0.5, 0.6) is 5.75 Å². The molecule has 0 spiro atoms. The summed E-state index contributed by atoms with van der Waals surface area (Å²) in [6.07, 6.45) is 0. The van der Waals surface area contributed by atoms with Crippen molar-refractivity contribution in [1.29, 1.82) is 0 Å². The van der Waals surface area contributed by atoms with E-state index in [0.717, 1.165) is 18.7 Å². The maximum atomic E-state index is 12.7. The highest BCUT2D eigenvalue weighted by atomic mass is 32.2. The zero-order valence-electron chi connectivity index (χ0n) is 16.1. The van der Waals surface area contributed by atoms with Gasteiger partial charge in [-0.15, -0.1) is 0 Å². The van der Waals surface area contributed by atoms with Crippen molar-refractivity contribution in [2.24, 2.45) is 0 Å². The number of benzene rings is 1. The molecule has 8 heteroatoms. The van der Waals surface area contributed by atoms with E-state index in [1.54, 1.807) is 42.7 Å². The Hall–Kier alpha value is -1.45. The molecule has 0 aliphatic carbocycles. The van der Waals surface area contributed by atoms with Crippen LogP contribution in [0.15, 0.2) is 46.0 Å². The van der Waals surface area contributed by atoms with Crippen LogP contribution in [0.25, 0.3) is 0 Å². The SMILES string of the molecule is CCN(CC)C(CNS(=O)(=O)c1ccc(OCCOC)cc1)c1ccsc1. The number of sulfonamides is 1. The van der Waals surface area contributed by atoms with Crippen molar-refractivity contribution in [2.75, 3.05) is 40.0 Å². The largest absolute Gasteiger partial charge is 0.491 e. The minimum Gasteiger partial charge on any atom is -0.491 e. The molecule has 1 aromatic carbocycles. The van der Waals surface area contributed by atoms with E-state index in [-0.39, 0.29) is 10.9 Å². The molecule has 6 nitrogen and oxygen atoms in total. The Morgan fingerprint density at radius 2 is 1.81 bits per heavy atom. The number of likely N-dealkylation sites (N-methyl/N-ethyl adjacent to an activating group) is 1. The third kappa shape index (κ3) is 6.29. The zero-order chi connectivity index (χ0) is 19.7. The number of rotatable bonds is 12. The third-order valence-electron chi connectivity index (χ3n) is 4.34. The molecule has 1 N–H and O–H groups in total. The highest BCUT2D eigenvalue weighted by Gasteiger charge is 2.22. The van der Waals surface area contributed by atoms with Crippen LogP contribution < -0.4 is 9.46 Å². The molecule has 0 fully saturated rings. The molecule has 0 saturated heterocycles. The van der Waals surface area contributed by atoms with Crippen LogP contribution in [0.3, 0.4) is 0 Å². The predicted molar refractivity (Wildman–Crippen MR) is 109 cm³/mol. The summed E-state index contributed by atoms with van der Waals surface area (Å²) in [6.45, 7) is 7.11. The molecule has 1 heterocycles. The molecule has 0 aliphatic heterocycles. The topological polar surface area (TPSA) is 67.9 Å². The van der Waals surface area contributed by atoms with Gasteiger partial charge in [-0.1, -0.05) is 13.8 Å². The van der Waals surface area contributed by atoms with Crippen molar-refractivity contribution in [1.82, 2.24) is 9.62 Å². The maximum Gasteiger partial charge on any atom is 0.240 e. The fourth-order valence-corrected chi connectivity index (χ4v) is 4.56. The van der Waals surface area contributed by atoms with E-state index in [2.05, 4.69) is 28.8 Å². The summed E-state index contributed by atoms with van der Waals surface area (Å²) in [5.74, 6) is 0.616. The lowest BCUT2D eigenvalue weighted by molar-refractivity contribution is 0.146. The van der Waals surface area contributed by atoms with E-state index in [0.29, 0.717) is 25.5 Å². The van der Waals surface area contributed by atoms with E-state index >= 15 is 0 Å². The van der Waals surface area contributed by atoms with E-state index in [1.165, 1.54) is 0 Å². The number of nitrogens with one attached hydrogen (secondary N) is 1. The number of hydrogen-bond acceptors (Lipinski definition) is 6. The Morgan fingerprint density at radius 3 is 2.37 bits per heavy atom. The lowest BCUT2D eigenvalue weighted by Crippen LogP contribution is -2.37. The predicted octanol–water partition coefficient (Wildman–Crippen LogP) is 3.13. The molecule has 0 radical (unpaired) electrons. The van der Waals surface area contributed by atoms with Gasteiger partial charge in [-0.05, 0) is 59.7 Å². The monoisotopic (exact) mass is 412 g/mol. The standard InChI is InChI=1S/C19H28N2O4S2/c1-4-21(5-2)19(16-10-13-26-15-16)14-20-27(22,23)18-8-6-17(7-9-18)25-12-11-24-3/h6-10,13,15,19-20H,4-5,11-12,14H2,1-3H3. The molecule has 150 valence electrons. The van der Waals surface area contributed by atoms with Gasteiger partial charge < -0.3 is 9.47 Å². The van der Waals surface area contributed by atoms with Crippen molar-refractivity contribution in [3.05, 3.63) is 46.7 Å². The van der Waals surface area contributed by atoms with Crippen LogP contribution in [0.4, 0.5) is 0 Å². The van der Waals surface area contributed by atoms with Gasteiger partial charge in [0.1, 0.15) is 12.4 Å². The summed E-state index contributed by atoms with van der Waals surface area (Å²) >= 11 is 1.62. The molecule has 27 heavy (non-hydrogen) atoms. The molecule has 1 atom stereocenters. The van der Waals surface area contributed by atoms with E-state index in [9.17, 15) is 8.42 Å². The first-order valence-electron chi connectivity index (χ1n) is 8.99. The highest BCUT2D eigenvalue weighted by Crippen LogP contribution is 2.23. The molecule has 1 aromatic heterocycles. The van der Waals surface area contributed by atoms with Gasteiger partial charge in [0.25, 0.3) is 0 Å².